The average molecular weight is 180 g/mol. The second-order valence-corrected chi connectivity index (χ2v) is 2.73. The van der Waals surface area contributed by atoms with Crippen molar-refractivity contribution in [2.75, 3.05) is 19.3 Å². The maximum absolute atomic E-state index is 12.6. The maximum Gasteiger partial charge on any atom is 0.125 e. The molecular weight excluding hydrogens is 167 g/mol. The van der Waals surface area contributed by atoms with Crippen molar-refractivity contribution in [3.05, 3.63) is 35.7 Å². The summed E-state index contributed by atoms with van der Waals surface area (Å²) in [5.41, 5.74) is 6.90. The minimum absolute atomic E-state index is 0.303. The first-order chi connectivity index (χ1) is 6.24. The molecule has 70 valence electrons. The largest absolute Gasteiger partial charge is 0.398 e. The molecule has 0 heterocycles. The van der Waals surface area contributed by atoms with E-state index in [1.165, 1.54) is 12.1 Å². The van der Waals surface area contributed by atoms with Crippen LogP contribution in [0.4, 0.5) is 10.1 Å². The molecule has 0 saturated carbocycles. The van der Waals surface area contributed by atoms with Gasteiger partial charge in [-0.3, -0.25) is 0 Å². The third-order valence-electron chi connectivity index (χ3n) is 1.67. The molecule has 0 aliphatic carbocycles. The van der Waals surface area contributed by atoms with Gasteiger partial charge in [0.25, 0.3) is 0 Å². The van der Waals surface area contributed by atoms with Gasteiger partial charge in [0.1, 0.15) is 5.82 Å². The zero-order chi connectivity index (χ0) is 9.68. The molecule has 0 aliphatic rings. The first kappa shape index (κ1) is 9.74. The lowest BCUT2D eigenvalue weighted by atomic mass is 10.1. The molecule has 1 rings (SSSR count). The average Bonchev–Trinajstić information content (AvgIpc) is 2.09. The second-order valence-electron chi connectivity index (χ2n) is 2.73. The third-order valence-corrected chi connectivity index (χ3v) is 1.67. The Kier molecular flexibility index (Phi) is 3.46. The highest BCUT2D eigenvalue weighted by molar-refractivity contribution is 5.64. The summed E-state index contributed by atoms with van der Waals surface area (Å²) in [6, 6.07) is 4.38. The molecule has 0 amide bonds. The van der Waals surface area contributed by atoms with E-state index in [0.717, 1.165) is 12.1 Å². The van der Waals surface area contributed by atoms with Gasteiger partial charge in [0.15, 0.2) is 0 Å². The second kappa shape index (κ2) is 4.62. The Morgan fingerprint density at radius 2 is 2.31 bits per heavy atom. The van der Waals surface area contributed by atoms with Gasteiger partial charge >= 0.3 is 0 Å². The summed E-state index contributed by atoms with van der Waals surface area (Å²) in [4.78, 5) is 0. The van der Waals surface area contributed by atoms with Crippen molar-refractivity contribution >= 4 is 11.8 Å². The summed E-state index contributed by atoms with van der Waals surface area (Å²) in [7, 11) is 1.86. The minimum Gasteiger partial charge on any atom is -0.398 e. The molecule has 1 aromatic carbocycles. The van der Waals surface area contributed by atoms with Gasteiger partial charge in [-0.1, -0.05) is 18.2 Å². The van der Waals surface area contributed by atoms with Crippen molar-refractivity contribution < 1.29 is 4.39 Å². The van der Waals surface area contributed by atoms with Crippen molar-refractivity contribution in [3.63, 3.8) is 0 Å². The molecule has 0 atom stereocenters. The van der Waals surface area contributed by atoms with Crippen LogP contribution >= 0.6 is 0 Å². The number of benzene rings is 1. The van der Waals surface area contributed by atoms with Crippen LogP contribution in [0.3, 0.4) is 0 Å². The summed E-state index contributed by atoms with van der Waals surface area (Å²) in [5.74, 6) is -0.303. The molecule has 3 heteroatoms. The monoisotopic (exact) mass is 180 g/mol. The molecule has 1 aromatic rings. The van der Waals surface area contributed by atoms with Gasteiger partial charge < -0.3 is 11.1 Å². The summed E-state index contributed by atoms with van der Waals surface area (Å²) in [5, 5.41) is 2.97. The molecular formula is C10H13FN2. The smallest absolute Gasteiger partial charge is 0.125 e. The van der Waals surface area contributed by atoms with E-state index >= 15 is 0 Å². The standard InChI is InChI=1S/C10H13FN2/c1-13-6-2-3-8-4-5-9(11)7-10(8)12/h2-5,7,13H,6,12H2,1H3. The Bertz CT molecular complexity index is 308. The summed E-state index contributed by atoms with van der Waals surface area (Å²) in [6.45, 7) is 0.775. The lowest BCUT2D eigenvalue weighted by Gasteiger charge is -1.99. The number of halogens is 1. The van der Waals surface area contributed by atoms with Gasteiger partial charge in [0, 0.05) is 12.2 Å². The van der Waals surface area contributed by atoms with Crippen LogP contribution in [0.25, 0.3) is 6.08 Å². The van der Waals surface area contributed by atoms with Crippen LogP contribution in [0.2, 0.25) is 0 Å². The number of rotatable bonds is 3. The van der Waals surface area contributed by atoms with E-state index < -0.39 is 0 Å². The van der Waals surface area contributed by atoms with Gasteiger partial charge in [-0.25, -0.2) is 4.39 Å². The lowest BCUT2D eigenvalue weighted by molar-refractivity contribution is 0.628. The highest BCUT2D eigenvalue weighted by atomic mass is 19.1. The van der Waals surface area contributed by atoms with Gasteiger partial charge in [-0.05, 0) is 24.7 Å². The van der Waals surface area contributed by atoms with Crippen LogP contribution in [0.1, 0.15) is 5.56 Å². The van der Waals surface area contributed by atoms with E-state index in [1.807, 2.05) is 19.2 Å². The third kappa shape index (κ3) is 2.87. The van der Waals surface area contributed by atoms with Gasteiger partial charge in [-0.15, -0.1) is 0 Å². The van der Waals surface area contributed by atoms with Crippen LogP contribution in [-0.2, 0) is 0 Å². The molecule has 2 nitrogen and oxygen atoms in total. The molecule has 0 fully saturated rings. The number of nitrogens with two attached hydrogens (primary N) is 1. The lowest BCUT2D eigenvalue weighted by Crippen LogP contribution is -2.03. The Morgan fingerprint density at radius 1 is 1.54 bits per heavy atom. The van der Waals surface area contributed by atoms with E-state index in [2.05, 4.69) is 5.32 Å². The van der Waals surface area contributed by atoms with E-state index in [-0.39, 0.29) is 5.82 Å². The van der Waals surface area contributed by atoms with E-state index in [4.69, 9.17) is 5.73 Å². The van der Waals surface area contributed by atoms with Crippen LogP contribution < -0.4 is 11.1 Å². The molecule has 0 radical (unpaired) electrons. The number of anilines is 1. The van der Waals surface area contributed by atoms with Crippen molar-refractivity contribution in [1.82, 2.24) is 5.32 Å². The number of nitrogen functional groups attached to an aromatic ring is 1. The Labute approximate surface area is 77.3 Å². The molecule has 3 N–H and O–H groups in total. The summed E-state index contributed by atoms with van der Waals surface area (Å²) < 4.78 is 12.6. The fourth-order valence-corrected chi connectivity index (χ4v) is 1.00. The molecule has 0 unspecified atom stereocenters. The van der Waals surface area contributed by atoms with Crippen molar-refractivity contribution in [3.8, 4) is 0 Å². The van der Waals surface area contributed by atoms with E-state index in [9.17, 15) is 4.39 Å². The van der Waals surface area contributed by atoms with Gasteiger partial charge in [-0.2, -0.15) is 0 Å². The predicted molar refractivity (Wildman–Crippen MR) is 53.8 cm³/mol. The molecule has 0 bridgehead atoms. The molecule has 0 aromatic heterocycles. The zero-order valence-electron chi connectivity index (χ0n) is 7.55. The zero-order valence-corrected chi connectivity index (χ0v) is 7.55. The SMILES string of the molecule is CNCC=Cc1ccc(F)cc1N. The van der Waals surface area contributed by atoms with E-state index in [0.29, 0.717) is 5.69 Å². The maximum atomic E-state index is 12.6. The van der Waals surface area contributed by atoms with Crippen molar-refractivity contribution in [2.45, 2.75) is 0 Å². The highest BCUT2D eigenvalue weighted by Crippen LogP contribution is 2.14. The number of likely N-dealkylation sites (N-methyl/N-ethyl adjacent to an activating group) is 1. The Hall–Kier alpha value is -1.35. The van der Waals surface area contributed by atoms with Crippen LogP contribution in [-0.4, -0.2) is 13.6 Å². The Morgan fingerprint density at radius 3 is 2.92 bits per heavy atom. The molecule has 0 spiro atoms. The summed E-state index contributed by atoms with van der Waals surface area (Å²) in [6.07, 6.45) is 3.80. The van der Waals surface area contributed by atoms with Gasteiger partial charge in [0.05, 0.1) is 0 Å². The number of nitrogens with one attached hydrogen (secondary N) is 1. The van der Waals surface area contributed by atoms with Gasteiger partial charge in [0.2, 0.25) is 0 Å². The molecule has 0 saturated heterocycles. The quantitative estimate of drug-likeness (QED) is 0.694. The van der Waals surface area contributed by atoms with E-state index in [1.54, 1.807) is 6.07 Å². The fraction of sp³-hybridized carbons (Fsp3) is 0.200. The van der Waals surface area contributed by atoms with Crippen molar-refractivity contribution in [1.29, 1.82) is 0 Å². The highest BCUT2D eigenvalue weighted by Gasteiger charge is 1.95. The first-order valence-electron chi connectivity index (χ1n) is 4.10. The molecule has 0 aliphatic heterocycles. The first-order valence-corrected chi connectivity index (χ1v) is 4.10. The number of hydrogen-bond donors (Lipinski definition) is 2. The van der Waals surface area contributed by atoms with Crippen molar-refractivity contribution in [2.24, 2.45) is 0 Å². The normalized spacial score (nSPS) is 10.9. The predicted octanol–water partition coefficient (Wildman–Crippen LogP) is 1.64. The topological polar surface area (TPSA) is 38.0 Å². The minimum atomic E-state index is -0.303. The Balaban J connectivity index is 2.77. The fourth-order valence-electron chi connectivity index (χ4n) is 1.00. The van der Waals surface area contributed by atoms with Crippen LogP contribution in [0, 0.1) is 5.82 Å². The number of hydrogen-bond acceptors (Lipinski definition) is 2. The summed E-state index contributed by atoms with van der Waals surface area (Å²) >= 11 is 0. The molecule has 13 heavy (non-hydrogen) atoms. The van der Waals surface area contributed by atoms with Crippen LogP contribution in [0.5, 0.6) is 0 Å². The van der Waals surface area contributed by atoms with Crippen LogP contribution in [0.15, 0.2) is 24.3 Å².